The summed E-state index contributed by atoms with van der Waals surface area (Å²) in [6.07, 6.45) is 3.21. The van der Waals surface area contributed by atoms with E-state index < -0.39 is 0 Å². The van der Waals surface area contributed by atoms with E-state index in [1.165, 1.54) is 0 Å². The molecule has 1 aliphatic rings. The van der Waals surface area contributed by atoms with E-state index in [0.717, 1.165) is 31.8 Å². The fourth-order valence-corrected chi connectivity index (χ4v) is 2.47. The lowest BCUT2D eigenvalue weighted by molar-refractivity contribution is -0.0373. The van der Waals surface area contributed by atoms with Gasteiger partial charge in [0.15, 0.2) is 0 Å². The summed E-state index contributed by atoms with van der Waals surface area (Å²) in [6.45, 7) is 7.11. The van der Waals surface area contributed by atoms with Crippen LogP contribution in [0.1, 0.15) is 25.6 Å². The van der Waals surface area contributed by atoms with Crippen molar-refractivity contribution in [3.8, 4) is 0 Å². The number of nitrogens with zero attached hydrogens (tertiary/aromatic N) is 3. The summed E-state index contributed by atoms with van der Waals surface area (Å²) in [4.78, 5) is 2.32. The second-order valence-corrected chi connectivity index (χ2v) is 5.65. The van der Waals surface area contributed by atoms with Gasteiger partial charge in [0.2, 0.25) is 0 Å². The molecule has 108 valence electrons. The molecule has 1 aliphatic heterocycles. The number of likely N-dealkylation sites (N-methyl/N-ethyl adjacent to an activating group) is 2. The molecule has 2 atom stereocenters. The lowest BCUT2D eigenvalue weighted by Gasteiger charge is -2.34. The van der Waals surface area contributed by atoms with Gasteiger partial charge in [0.25, 0.3) is 0 Å². The van der Waals surface area contributed by atoms with Crippen LogP contribution in [-0.4, -0.2) is 60.6 Å². The van der Waals surface area contributed by atoms with Crippen molar-refractivity contribution < 1.29 is 4.74 Å². The number of ether oxygens (including phenoxy) is 1. The largest absolute Gasteiger partial charge is 0.374 e. The van der Waals surface area contributed by atoms with Crippen LogP contribution in [0.2, 0.25) is 0 Å². The van der Waals surface area contributed by atoms with E-state index in [0.29, 0.717) is 12.1 Å². The van der Waals surface area contributed by atoms with Gasteiger partial charge in [-0.15, -0.1) is 0 Å². The van der Waals surface area contributed by atoms with Gasteiger partial charge in [-0.1, -0.05) is 0 Å². The lowest BCUT2D eigenvalue weighted by Crippen LogP contribution is -2.51. The molecule has 0 aliphatic carbocycles. The fourth-order valence-electron chi connectivity index (χ4n) is 2.47. The van der Waals surface area contributed by atoms with Crippen LogP contribution in [0, 0.1) is 0 Å². The molecule has 0 radical (unpaired) electrons. The van der Waals surface area contributed by atoms with E-state index in [1.807, 2.05) is 11.7 Å². The number of nitrogens with one attached hydrogen (secondary N) is 1. The molecule has 19 heavy (non-hydrogen) atoms. The molecular formula is C14H26N4O. The Kier molecular flexibility index (Phi) is 4.96. The van der Waals surface area contributed by atoms with Gasteiger partial charge in [0.05, 0.1) is 18.4 Å². The van der Waals surface area contributed by atoms with Gasteiger partial charge in [-0.2, -0.15) is 5.10 Å². The Balaban J connectivity index is 1.97. The van der Waals surface area contributed by atoms with Crippen molar-refractivity contribution in [1.29, 1.82) is 0 Å². The third kappa shape index (κ3) is 3.78. The first-order valence-corrected chi connectivity index (χ1v) is 7.11. The SMILES string of the molecule is CNC(Cc1ccn(C(C)C)n1)C1CN(C)CCO1. The van der Waals surface area contributed by atoms with Gasteiger partial charge in [0, 0.05) is 37.8 Å². The van der Waals surface area contributed by atoms with Crippen LogP contribution in [0.15, 0.2) is 12.3 Å². The smallest absolute Gasteiger partial charge is 0.0858 e. The minimum absolute atomic E-state index is 0.243. The molecule has 5 heteroatoms. The number of hydrogen-bond donors (Lipinski definition) is 1. The number of aromatic nitrogens is 2. The van der Waals surface area contributed by atoms with E-state index in [-0.39, 0.29) is 6.10 Å². The van der Waals surface area contributed by atoms with Crippen molar-refractivity contribution in [1.82, 2.24) is 20.0 Å². The highest BCUT2D eigenvalue weighted by molar-refractivity contribution is 5.03. The molecule has 2 unspecified atom stereocenters. The Hall–Kier alpha value is -0.910. The maximum absolute atomic E-state index is 5.89. The third-order valence-corrected chi connectivity index (χ3v) is 3.74. The molecule has 0 aromatic carbocycles. The predicted octanol–water partition coefficient (Wildman–Crippen LogP) is 0.925. The van der Waals surface area contributed by atoms with Crippen LogP contribution < -0.4 is 5.32 Å². The van der Waals surface area contributed by atoms with E-state index >= 15 is 0 Å². The molecule has 1 saturated heterocycles. The molecule has 0 bridgehead atoms. The monoisotopic (exact) mass is 266 g/mol. The first kappa shape index (κ1) is 14.5. The van der Waals surface area contributed by atoms with Crippen LogP contribution in [0.25, 0.3) is 0 Å². The zero-order chi connectivity index (χ0) is 13.8. The summed E-state index contributed by atoms with van der Waals surface area (Å²) < 4.78 is 7.90. The predicted molar refractivity (Wildman–Crippen MR) is 76.4 cm³/mol. The van der Waals surface area contributed by atoms with E-state index in [9.17, 15) is 0 Å². The normalized spacial score (nSPS) is 22.9. The minimum Gasteiger partial charge on any atom is -0.374 e. The van der Waals surface area contributed by atoms with Crippen LogP contribution in [0.5, 0.6) is 0 Å². The summed E-state index contributed by atoms with van der Waals surface area (Å²) in [5.74, 6) is 0. The van der Waals surface area contributed by atoms with Gasteiger partial charge in [-0.25, -0.2) is 0 Å². The highest BCUT2D eigenvalue weighted by Gasteiger charge is 2.26. The highest BCUT2D eigenvalue weighted by Crippen LogP contribution is 2.12. The summed E-state index contributed by atoms with van der Waals surface area (Å²) in [7, 11) is 4.15. The first-order chi connectivity index (χ1) is 9.10. The van der Waals surface area contributed by atoms with Crippen molar-refractivity contribution in [3.63, 3.8) is 0 Å². The third-order valence-electron chi connectivity index (χ3n) is 3.74. The average Bonchev–Trinajstić information content (AvgIpc) is 2.84. The first-order valence-electron chi connectivity index (χ1n) is 7.11. The Morgan fingerprint density at radius 3 is 2.89 bits per heavy atom. The highest BCUT2D eigenvalue weighted by atomic mass is 16.5. The maximum Gasteiger partial charge on any atom is 0.0858 e. The van der Waals surface area contributed by atoms with Gasteiger partial charge in [-0.3, -0.25) is 4.68 Å². The van der Waals surface area contributed by atoms with Crippen molar-refractivity contribution >= 4 is 0 Å². The molecule has 0 amide bonds. The molecule has 2 rings (SSSR count). The number of rotatable bonds is 5. The van der Waals surface area contributed by atoms with Gasteiger partial charge in [0.1, 0.15) is 0 Å². The summed E-state index contributed by atoms with van der Waals surface area (Å²) in [5, 5.41) is 8.00. The molecule has 1 N–H and O–H groups in total. The van der Waals surface area contributed by atoms with Crippen LogP contribution in [0.4, 0.5) is 0 Å². The number of morpholine rings is 1. The van der Waals surface area contributed by atoms with Crippen molar-refractivity contribution in [2.24, 2.45) is 0 Å². The molecule has 1 aromatic rings. The maximum atomic E-state index is 5.89. The standard InChI is InChI=1S/C14H26N4O/c1-11(2)18-6-5-12(16-18)9-13(15-3)14-10-17(4)7-8-19-14/h5-6,11,13-15H,7-10H2,1-4H3. The second-order valence-electron chi connectivity index (χ2n) is 5.65. The van der Waals surface area contributed by atoms with E-state index in [1.54, 1.807) is 0 Å². The Morgan fingerprint density at radius 1 is 1.53 bits per heavy atom. The Labute approximate surface area is 115 Å². The fraction of sp³-hybridized carbons (Fsp3) is 0.786. The molecule has 1 fully saturated rings. The summed E-state index contributed by atoms with van der Waals surface area (Å²) in [6, 6.07) is 2.84. The van der Waals surface area contributed by atoms with Crippen molar-refractivity contribution in [2.75, 3.05) is 33.8 Å². The molecule has 2 heterocycles. The van der Waals surface area contributed by atoms with Gasteiger partial charge < -0.3 is 15.0 Å². The van der Waals surface area contributed by atoms with Gasteiger partial charge in [-0.05, 0) is 34.0 Å². The zero-order valence-electron chi connectivity index (χ0n) is 12.5. The molecule has 5 nitrogen and oxygen atoms in total. The van der Waals surface area contributed by atoms with Crippen LogP contribution in [-0.2, 0) is 11.2 Å². The Morgan fingerprint density at radius 2 is 2.32 bits per heavy atom. The van der Waals surface area contributed by atoms with Crippen LogP contribution in [0.3, 0.4) is 0 Å². The molecule has 1 aromatic heterocycles. The van der Waals surface area contributed by atoms with Crippen molar-refractivity contribution in [2.45, 2.75) is 38.5 Å². The lowest BCUT2D eigenvalue weighted by atomic mass is 10.0. The van der Waals surface area contributed by atoms with Gasteiger partial charge >= 0.3 is 0 Å². The molecular weight excluding hydrogens is 240 g/mol. The van der Waals surface area contributed by atoms with E-state index in [2.05, 4.69) is 48.5 Å². The molecule has 0 saturated carbocycles. The quantitative estimate of drug-likeness (QED) is 0.861. The molecule has 0 spiro atoms. The Bertz CT molecular complexity index is 391. The summed E-state index contributed by atoms with van der Waals surface area (Å²) >= 11 is 0. The zero-order valence-corrected chi connectivity index (χ0v) is 12.5. The topological polar surface area (TPSA) is 42.3 Å². The minimum atomic E-state index is 0.243. The van der Waals surface area contributed by atoms with E-state index in [4.69, 9.17) is 4.74 Å². The second kappa shape index (κ2) is 6.50. The summed E-state index contributed by atoms with van der Waals surface area (Å²) in [5.41, 5.74) is 1.13. The average molecular weight is 266 g/mol. The van der Waals surface area contributed by atoms with Crippen LogP contribution >= 0.6 is 0 Å². The number of hydrogen-bond acceptors (Lipinski definition) is 4. The van der Waals surface area contributed by atoms with Crippen molar-refractivity contribution in [3.05, 3.63) is 18.0 Å².